The first-order valence-electron chi connectivity index (χ1n) is 6.28. The Kier molecular flexibility index (Phi) is 5.16. The second kappa shape index (κ2) is 6.26. The van der Waals surface area contributed by atoms with Gasteiger partial charge < -0.3 is 5.11 Å². The molecule has 0 saturated heterocycles. The number of benzene rings is 1. The summed E-state index contributed by atoms with van der Waals surface area (Å²) in [6.45, 7) is 2.20. The Morgan fingerprint density at radius 3 is 2.20 bits per heavy atom. The van der Waals surface area contributed by atoms with Gasteiger partial charge in [-0.15, -0.1) is 0 Å². The molecule has 1 unspecified atom stereocenters. The first-order chi connectivity index (χ1) is 9.17. The van der Waals surface area contributed by atoms with Gasteiger partial charge in [0.15, 0.2) is 0 Å². The van der Waals surface area contributed by atoms with Gasteiger partial charge in [-0.1, -0.05) is 44.2 Å². The average molecular weight is 289 g/mol. The van der Waals surface area contributed by atoms with Gasteiger partial charge in [0.1, 0.15) is 5.54 Å². The molecular formula is C14H18F3NO2. The fraction of sp³-hybridized carbons (Fsp3) is 0.500. The molecule has 2 N–H and O–H groups in total. The lowest BCUT2D eigenvalue weighted by Gasteiger charge is -2.33. The highest BCUT2D eigenvalue weighted by atomic mass is 19.4. The quantitative estimate of drug-likeness (QED) is 0.845. The largest absolute Gasteiger partial charge is 0.480 e. The van der Waals surface area contributed by atoms with Crippen LogP contribution in [0.5, 0.6) is 0 Å². The van der Waals surface area contributed by atoms with Gasteiger partial charge in [-0.2, -0.15) is 13.2 Å². The van der Waals surface area contributed by atoms with Gasteiger partial charge in [0, 0.05) is 0 Å². The van der Waals surface area contributed by atoms with E-state index < -0.39 is 24.2 Å². The third-order valence-corrected chi connectivity index (χ3v) is 2.94. The molecule has 0 heterocycles. The fourth-order valence-corrected chi connectivity index (χ4v) is 2.16. The lowest BCUT2D eigenvalue weighted by atomic mass is 9.82. The zero-order chi connectivity index (χ0) is 15.4. The van der Waals surface area contributed by atoms with Gasteiger partial charge in [0.05, 0.1) is 6.54 Å². The molecule has 20 heavy (non-hydrogen) atoms. The molecule has 0 aromatic heterocycles. The van der Waals surface area contributed by atoms with Crippen molar-refractivity contribution in [3.05, 3.63) is 35.9 Å². The van der Waals surface area contributed by atoms with Crippen LogP contribution in [0.4, 0.5) is 13.2 Å². The van der Waals surface area contributed by atoms with E-state index in [1.54, 1.807) is 32.0 Å². The molecule has 6 heteroatoms. The summed E-state index contributed by atoms with van der Waals surface area (Å²) in [5.41, 5.74) is -1.41. The molecule has 3 nitrogen and oxygen atoms in total. The molecule has 0 radical (unpaired) electrons. The molecule has 0 fully saturated rings. The number of rotatable bonds is 6. The van der Waals surface area contributed by atoms with E-state index in [1.807, 2.05) is 0 Å². The molecule has 1 atom stereocenters. The number of alkyl halides is 3. The van der Waals surface area contributed by atoms with Crippen LogP contribution in [0.3, 0.4) is 0 Å². The first kappa shape index (κ1) is 16.5. The van der Waals surface area contributed by atoms with Crippen molar-refractivity contribution in [2.45, 2.75) is 32.0 Å². The third-order valence-electron chi connectivity index (χ3n) is 2.94. The molecule has 1 rings (SSSR count). The van der Waals surface area contributed by atoms with Gasteiger partial charge in [0.25, 0.3) is 0 Å². The maximum absolute atomic E-state index is 12.4. The summed E-state index contributed by atoms with van der Waals surface area (Å²) in [5.74, 6) is -1.38. The summed E-state index contributed by atoms with van der Waals surface area (Å²) >= 11 is 0. The van der Waals surface area contributed by atoms with Gasteiger partial charge >= 0.3 is 12.1 Å². The Balaban J connectivity index is 3.18. The van der Waals surface area contributed by atoms with Crippen molar-refractivity contribution in [1.29, 1.82) is 0 Å². The van der Waals surface area contributed by atoms with Crippen LogP contribution in [0.15, 0.2) is 30.3 Å². The van der Waals surface area contributed by atoms with Crippen LogP contribution in [-0.4, -0.2) is 23.8 Å². The summed E-state index contributed by atoms with van der Waals surface area (Å²) in [4.78, 5) is 11.6. The van der Waals surface area contributed by atoms with Crippen LogP contribution in [0.25, 0.3) is 0 Å². The van der Waals surface area contributed by atoms with Crippen molar-refractivity contribution in [2.75, 3.05) is 6.54 Å². The molecule has 0 spiro atoms. The Hall–Kier alpha value is -1.56. The van der Waals surface area contributed by atoms with E-state index in [2.05, 4.69) is 5.32 Å². The Labute approximate surface area is 115 Å². The first-order valence-corrected chi connectivity index (χ1v) is 6.28. The van der Waals surface area contributed by atoms with E-state index >= 15 is 0 Å². The predicted octanol–water partition coefficient (Wildman–Crippen LogP) is 3.16. The molecule has 0 aliphatic carbocycles. The highest BCUT2D eigenvalue weighted by Gasteiger charge is 2.43. The number of carbonyl (C=O) groups is 1. The molecule has 0 bridgehead atoms. The van der Waals surface area contributed by atoms with Crippen molar-refractivity contribution >= 4 is 5.97 Å². The topological polar surface area (TPSA) is 49.3 Å². The van der Waals surface area contributed by atoms with Crippen LogP contribution < -0.4 is 5.32 Å². The van der Waals surface area contributed by atoms with E-state index in [-0.39, 0.29) is 12.3 Å². The summed E-state index contributed by atoms with van der Waals surface area (Å²) < 4.78 is 37.3. The van der Waals surface area contributed by atoms with Crippen LogP contribution in [0.1, 0.15) is 25.8 Å². The molecule has 0 aliphatic rings. The van der Waals surface area contributed by atoms with Gasteiger partial charge in [-0.25, -0.2) is 4.79 Å². The van der Waals surface area contributed by atoms with E-state index in [0.29, 0.717) is 5.56 Å². The minimum Gasteiger partial charge on any atom is -0.480 e. The Morgan fingerprint density at radius 2 is 1.80 bits per heavy atom. The van der Waals surface area contributed by atoms with Crippen molar-refractivity contribution in [3.8, 4) is 0 Å². The lowest BCUT2D eigenvalue weighted by Crippen LogP contribution is -2.53. The van der Waals surface area contributed by atoms with Crippen molar-refractivity contribution in [3.63, 3.8) is 0 Å². The molecular weight excluding hydrogens is 271 g/mol. The fourth-order valence-electron chi connectivity index (χ4n) is 2.16. The van der Waals surface area contributed by atoms with E-state index in [9.17, 15) is 23.1 Å². The van der Waals surface area contributed by atoms with Crippen molar-refractivity contribution in [2.24, 2.45) is 5.92 Å². The zero-order valence-corrected chi connectivity index (χ0v) is 11.4. The van der Waals surface area contributed by atoms with Crippen LogP contribution in [0.2, 0.25) is 0 Å². The number of nitrogens with one attached hydrogen (secondary N) is 1. The van der Waals surface area contributed by atoms with Gasteiger partial charge in [-0.3, -0.25) is 5.32 Å². The molecule has 0 saturated carbocycles. The minimum absolute atomic E-state index is 0.0719. The molecule has 1 aromatic carbocycles. The van der Waals surface area contributed by atoms with Crippen LogP contribution >= 0.6 is 0 Å². The normalized spacial score (nSPS) is 15.1. The van der Waals surface area contributed by atoms with E-state index in [1.165, 1.54) is 12.1 Å². The van der Waals surface area contributed by atoms with Crippen LogP contribution in [-0.2, 0) is 10.3 Å². The van der Waals surface area contributed by atoms with Gasteiger partial charge in [0.2, 0.25) is 0 Å². The number of carboxylic acid groups (broad SMARTS) is 1. The predicted molar refractivity (Wildman–Crippen MR) is 69.3 cm³/mol. The summed E-state index contributed by atoms with van der Waals surface area (Å²) in [6, 6.07) is 7.97. The summed E-state index contributed by atoms with van der Waals surface area (Å²) in [6.07, 6.45) is -4.39. The Bertz CT molecular complexity index is 445. The molecule has 0 aliphatic heterocycles. The summed E-state index contributed by atoms with van der Waals surface area (Å²) in [7, 11) is 0. The molecule has 112 valence electrons. The minimum atomic E-state index is -4.47. The maximum Gasteiger partial charge on any atom is 0.401 e. The smallest absolute Gasteiger partial charge is 0.401 e. The third kappa shape index (κ3) is 4.23. The number of hydrogen-bond acceptors (Lipinski definition) is 2. The van der Waals surface area contributed by atoms with E-state index in [4.69, 9.17) is 0 Å². The average Bonchev–Trinajstić information content (AvgIpc) is 2.33. The molecule has 1 aromatic rings. The van der Waals surface area contributed by atoms with Crippen molar-refractivity contribution in [1.82, 2.24) is 5.32 Å². The highest BCUT2D eigenvalue weighted by molar-refractivity contribution is 5.80. The Morgan fingerprint density at radius 1 is 1.25 bits per heavy atom. The number of carboxylic acids is 1. The highest BCUT2D eigenvalue weighted by Crippen LogP contribution is 2.30. The standard InChI is InChI=1S/C14H18F3NO2/c1-10(2)8-13(12(19)20,18-9-14(15,16)17)11-6-4-3-5-7-11/h3-7,10,18H,8-9H2,1-2H3,(H,19,20). The van der Waals surface area contributed by atoms with Gasteiger partial charge in [-0.05, 0) is 17.9 Å². The van der Waals surface area contributed by atoms with E-state index in [0.717, 1.165) is 0 Å². The lowest BCUT2D eigenvalue weighted by molar-refractivity contribution is -0.152. The second-order valence-corrected chi connectivity index (χ2v) is 5.14. The summed E-state index contributed by atoms with van der Waals surface area (Å²) in [5, 5.41) is 11.7. The zero-order valence-electron chi connectivity index (χ0n) is 11.4. The SMILES string of the molecule is CC(C)CC(NCC(F)(F)F)(C(=O)O)c1ccccc1. The number of aliphatic carboxylic acids is 1. The van der Waals surface area contributed by atoms with Crippen LogP contribution in [0, 0.1) is 5.92 Å². The second-order valence-electron chi connectivity index (χ2n) is 5.14. The number of halogens is 3. The van der Waals surface area contributed by atoms with Crippen molar-refractivity contribution < 1.29 is 23.1 Å². The number of hydrogen-bond donors (Lipinski definition) is 2. The molecule has 0 amide bonds. The monoisotopic (exact) mass is 289 g/mol. The maximum atomic E-state index is 12.4.